The molecule has 110 valence electrons. The SMILES string of the molecule is CCOc1cccc(N)c1C(=O)OCc1ccncc1Cl. The quantitative estimate of drug-likeness (QED) is 0.678. The van der Waals surface area contributed by atoms with Crippen molar-refractivity contribution >= 4 is 23.3 Å². The highest BCUT2D eigenvalue weighted by Crippen LogP contribution is 2.26. The van der Waals surface area contributed by atoms with Gasteiger partial charge in [0.05, 0.1) is 11.6 Å². The maximum Gasteiger partial charge on any atom is 0.344 e. The lowest BCUT2D eigenvalue weighted by Gasteiger charge is -2.12. The summed E-state index contributed by atoms with van der Waals surface area (Å²) in [6, 6.07) is 6.71. The number of nitrogen functional groups attached to an aromatic ring is 1. The Morgan fingerprint density at radius 2 is 2.19 bits per heavy atom. The Bertz CT molecular complexity index is 647. The zero-order valence-electron chi connectivity index (χ0n) is 11.5. The molecule has 1 aromatic carbocycles. The predicted octanol–water partition coefficient (Wildman–Crippen LogP) is 3.07. The van der Waals surface area contributed by atoms with Crippen molar-refractivity contribution in [1.29, 1.82) is 0 Å². The van der Waals surface area contributed by atoms with Gasteiger partial charge in [0.25, 0.3) is 0 Å². The van der Waals surface area contributed by atoms with Crippen molar-refractivity contribution in [3.63, 3.8) is 0 Å². The van der Waals surface area contributed by atoms with E-state index >= 15 is 0 Å². The van der Waals surface area contributed by atoms with Gasteiger partial charge in [-0.2, -0.15) is 0 Å². The van der Waals surface area contributed by atoms with Crippen molar-refractivity contribution in [2.75, 3.05) is 12.3 Å². The molecule has 0 spiro atoms. The van der Waals surface area contributed by atoms with E-state index in [1.54, 1.807) is 30.5 Å². The van der Waals surface area contributed by atoms with Crippen LogP contribution in [-0.4, -0.2) is 17.6 Å². The number of hydrogen-bond acceptors (Lipinski definition) is 5. The first-order valence-electron chi connectivity index (χ1n) is 6.40. The molecule has 0 radical (unpaired) electrons. The maximum absolute atomic E-state index is 12.2. The first kappa shape index (κ1) is 15.1. The lowest BCUT2D eigenvalue weighted by molar-refractivity contribution is 0.0469. The number of anilines is 1. The van der Waals surface area contributed by atoms with E-state index in [9.17, 15) is 4.79 Å². The minimum absolute atomic E-state index is 0.0418. The third kappa shape index (κ3) is 3.64. The monoisotopic (exact) mass is 306 g/mol. The molecule has 0 saturated heterocycles. The van der Waals surface area contributed by atoms with Crippen LogP contribution in [-0.2, 0) is 11.3 Å². The summed E-state index contributed by atoms with van der Waals surface area (Å²) in [6.45, 7) is 2.30. The number of benzene rings is 1. The van der Waals surface area contributed by atoms with Crippen LogP contribution >= 0.6 is 11.6 Å². The summed E-state index contributed by atoms with van der Waals surface area (Å²) in [5.41, 5.74) is 7.05. The van der Waals surface area contributed by atoms with Crippen LogP contribution in [0, 0.1) is 0 Å². The second-order valence-electron chi connectivity index (χ2n) is 4.20. The van der Waals surface area contributed by atoms with Crippen molar-refractivity contribution in [3.8, 4) is 5.75 Å². The van der Waals surface area contributed by atoms with E-state index in [0.717, 1.165) is 0 Å². The lowest BCUT2D eigenvalue weighted by atomic mass is 10.1. The molecule has 0 bridgehead atoms. The molecule has 0 saturated carbocycles. The van der Waals surface area contributed by atoms with Gasteiger partial charge in [0.2, 0.25) is 0 Å². The number of carbonyl (C=O) groups excluding carboxylic acids is 1. The fourth-order valence-corrected chi connectivity index (χ4v) is 1.95. The number of hydrogen-bond donors (Lipinski definition) is 1. The number of carbonyl (C=O) groups is 1. The number of rotatable bonds is 5. The Hall–Kier alpha value is -2.27. The van der Waals surface area contributed by atoms with E-state index in [1.807, 2.05) is 6.92 Å². The molecule has 0 aliphatic carbocycles. The maximum atomic E-state index is 12.2. The van der Waals surface area contributed by atoms with Crippen molar-refractivity contribution in [1.82, 2.24) is 4.98 Å². The highest BCUT2D eigenvalue weighted by Gasteiger charge is 2.18. The van der Waals surface area contributed by atoms with Gasteiger partial charge < -0.3 is 15.2 Å². The summed E-state index contributed by atoms with van der Waals surface area (Å²) in [6.07, 6.45) is 3.07. The molecule has 0 fully saturated rings. The van der Waals surface area contributed by atoms with Crippen molar-refractivity contribution in [2.45, 2.75) is 13.5 Å². The number of aromatic nitrogens is 1. The summed E-state index contributed by atoms with van der Waals surface area (Å²) in [5.74, 6) is -0.146. The smallest absolute Gasteiger partial charge is 0.344 e. The number of nitrogens with zero attached hydrogens (tertiary/aromatic N) is 1. The third-order valence-electron chi connectivity index (χ3n) is 2.78. The summed E-state index contributed by atoms with van der Waals surface area (Å²) in [7, 11) is 0. The standard InChI is InChI=1S/C15H15ClN2O3/c1-2-20-13-5-3-4-12(17)14(13)15(19)21-9-10-6-7-18-8-11(10)16/h3-8H,2,9,17H2,1H3. The van der Waals surface area contributed by atoms with Crippen LogP contribution in [0.5, 0.6) is 5.75 Å². The average molecular weight is 307 g/mol. The molecule has 0 aliphatic heterocycles. The molecule has 1 heterocycles. The predicted molar refractivity (Wildman–Crippen MR) is 80.4 cm³/mol. The second kappa shape index (κ2) is 6.95. The van der Waals surface area contributed by atoms with Gasteiger partial charge in [0.15, 0.2) is 0 Å². The van der Waals surface area contributed by atoms with Crippen molar-refractivity contribution < 1.29 is 14.3 Å². The van der Waals surface area contributed by atoms with Gasteiger partial charge in [-0.25, -0.2) is 4.79 Å². The highest BCUT2D eigenvalue weighted by molar-refractivity contribution is 6.31. The third-order valence-corrected chi connectivity index (χ3v) is 3.12. The zero-order valence-corrected chi connectivity index (χ0v) is 12.3. The van der Waals surface area contributed by atoms with E-state index in [2.05, 4.69) is 4.98 Å². The molecule has 1 aromatic heterocycles. The summed E-state index contributed by atoms with van der Waals surface area (Å²) in [4.78, 5) is 16.1. The first-order valence-corrected chi connectivity index (χ1v) is 6.78. The number of nitrogens with two attached hydrogens (primary N) is 1. The molecule has 2 rings (SSSR count). The Labute approximate surface area is 127 Å². The van der Waals surface area contributed by atoms with E-state index in [0.29, 0.717) is 28.6 Å². The first-order chi connectivity index (χ1) is 10.1. The molecular formula is C15H15ClN2O3. The van der Waals surface area contributed by atoms with Crippen LogP contribution in [0.3, 0.4) is 0 Å². The summed E-state index contributed by atoms with van der Waals surface area (Å²) in [5, 5.41) is 0.441. The van der Waals surface area contributed by atoms with Crippen LogP contribution in [0.2, 0.25) is 5.02 Å². The number of esters is 1. The Kier molecular flexibility index (Phi) is 5.00. The van der Waals surface area contributed by atoms with Gasteiger partial charge in [-0.1, -0.05) is 17.7 Å². The molecule has 6 heteroatoms. The van der Waals surface area contributed by atoms with Crippen LogP contribution in [0.4, 0.5) is 5.69 Å². The van der Waals surface area contributed by atoms with Crippen LogP contribution in [0.25, 0.3) is 0 Å². The summed E-state index contributed by atoms with van der Waals surface area (Å²) < 4.78 is 10.6. The fourth-order valence-electron chi connectivity index (χ4n) is 1.78. The van der Waals surface area contributed by atoms with Crippen molar-refractivity contribution in [2.24, 2.45) is 0 Å². The number of ether oxygens (including phenoxy) is 2. The van der Waals surface area contributed by atoms with Crippen LogP contribution in [0.15, 0.2) is 36.7 Å². The Balaban J connectivity index is 2.16. The van der Waals surface area contributed by atoms with Gasteiger partial charge in [0, 0.05) is 23.6 Å². The number of pyridine rings is 1. The lowest BCUT2D eigenvalue weighted by Crippen LogP contribution is -2.11. The Morgan fingerprint density at radius 1 is 1.38 bits per heavy atom. The van der Waals surface area contributed by atoms with Gasteiger partial charge >= 0.3 is 5.97 Å². The van der Waals surface area contributed by atoms with E-state index in [1.165, 1.54) is 6.20 Å². The second-order valence-corrected chi connectivity index (χ2v) is 4.60. The molecule has 2 aromatic rings. The van der Waals surface area contributed by atoms with Crippen molar-refractivity contribution in [3.05, 3.63) is 52.8 Å². The molecule has 21 heavy (non-hydrogen) atoms. The molecular weight excluding hydrogens is 292 g/mol. The molecule has 0 atom stereocenters. The summed E-state index contributed by atoms with van der Waals surface area (Å²) >= 11 is 5.96. The minimum atomic E-state index is -0.551. The van der Waals surface area contributed by atoms with Gasteiger partial charge in [-0.3, -0.25) is 4.98 Å². The van der Waals surface area contributed by atoms with E-state index in [4.69, 9.17) is 26.8 Å². The van der Waals surface area contributed by atoms with Gasteiger partial charge in [-0.15, -0.1) is 0 Å². The van der Waals surface area contributed by atoms with Crippen LogP contribution in [0.1, 0.15) is 22.8 Å². The van der Waals surface area contributed by atoms with Crippen LogP contribution < -0.4 is 10.5 Å². The molecule has 0 unspecified atom stereocenters. The zero-order chi connectivity index (χ0) is 15.2. The molecule has 2 N–H and O–H groups in total. The average Bonchev–Trinajstić information content (AvgIpc) is 2.47. The van der Waals surface area contributed by atoms with E-state index < -0.39 is 5.97 Å². The molecule has 0 aliphatic rings. The molecule has 5 nitrogen and oxygen atoms in total. The largest absolute Gasteiger partial charge is 0.493 e. The normalized spacial score (nSPS) is 10.2. The Morgan fingerprint density at radius 3 is 2.90 bits per heavy atom. The van der Waals surface area contributed by atoms with Gasteiger partial charge in [0.1, 0.15) is 17.9 Å². The fraction of sp³-hybridized carbons (Fsp3) is 0.200. The number of halogens is 1. The van der Waals surface area contributed by atoms with E-state index in [-0.39, 0.29) is 12.2 Å². The highest BCUT2D eigenvalue weighted by atomic mass is 35.5. The topological polar surface area (TPSA) is 74.4 Å². The minimum Gasteiger partial charge on any atom is -0.493 e. The molecule has 0 amide bonds. The van der Waals surface area contributed by atoms with Gasteiger partial charge in [-0.05, 0) is 25.1 Å².